The van der Waals surface area contributed by atoms with Crippen molar-refractivity contribution >= 4 is 27.3 Å². The van der Waals surface area contributed by atoms with Gasteiger partial charge in [-0.1, -0.05) is 12.1 Å². The molecule has 1 amide bonds. The predicted molar refractivity (Wildman–Crippen MR) is 145 cm³/mol. The van der Waals surface area contributed by atoms with Crippen LogP contribution in [0.25, 0.3) is 32.6 Å². The van der Waals surface area contributed by atoms with E-state index in [1.165, 1.54) is 28.4 Å². The Morgan fingerprint density at radius 2 is 1.82 bits per heavy atom. The molecule has 0 atom stereocenters. The van der Waals surface area contributed by atoms with Crippen LogP contribution in [0.3, 0.4) is 0 Å². The maximum absolute atomic E-state index is 14.3. The Labute approximate surface area is 232 Å². The molecule has 0 spiro atoms. The largest absolute Gasteiger partial charge is 0.492 e. The van der Waals surface area contributed by atoms with Gasteiger partial charge in [-0.3, -0.25) is 9.69 Å². The highest BCUT2D eigenvalue weighted by molar-refractivity contribution is 7.17. The number of alkyl halides is 3. The molecule has 4 aromatic rings. The summed E-state index contributed by atoms with van der Waals surface area (Å²) in [4.78, 5) is 13.1. The van der Waals surface area contributed by atoms with Crippen LogP contribution in [0.4, 0.5) is 17.6 Å². The lowest BCUT2D eigenvalue weighted by Crippen LogP contribution is -2.41. The fourth-order valence-electron chi connectivity index (χ4n) is 5.39. The molecule has 1 saturated heterocycles. The molecule has 4 heterocycles. The van der Waals surface area contributed by atoms with Crippen LogP contribution in [0.5, 0.6) is 5.75 Å². The fraction of sp³-hybridized carbons (Fsp3) is 0.345. The number of thiophene rings is 1. The maximum atomic E-state index is 14.3. The fourth-order valence-corrected chi connectivity index (χ4v) is 6.29. The molecule has 6 rings (SSSR count). The summed E-state index contributed by atoms with van der Waals surface area (Å²) in [6, 6.07) is 12.2. The van der Waals surface area contributed by atoms with Crippen LogP contribution in [0, 0.1) is 11.7 Å². The molecule has 2 aromatic carbocycles. The highest BCUT2D eigenvalue weighted by Gasteiger charge is 2.32. The standard InChI is InChI=1S/C29H26F4N4O2S/c30-21-3-4-22(24(13-21)39-15-17-5-8-37(9-6-17)16-29(31,32)33)27-28-23(7-10-40-28)26(35-36-27)19-2-1-18-12-25(38)34-14-20(18)11-19/h1-4,7,10-11,13,17H,5-6,8-9,12,14-16H2,(H,34,38). The Kier molecular flexibility index (Phi) is 7.18. The summed E-state index contributed by atoms with van der Waals surface area (Å²) in [5.74, 6) is -0.0376. The maximum Gasteiger partial charge on any atom is 0.401 e. The number of carbonyl (C=O) groups is 1. The summed E-state index contributed by atoms with van der Waals surface area (Å²) in [7, 11) is 0. The number of hydrogen-bond donors (Lipinski definition) is 1. The molecule has 0 saturated carbocycles. The van der Waals surface area contributed by atoms with Gasteiger partial charge in [0.1, 0.15) is 23.0 Å². The topological polar surface area (TPSA) is 67.3 Å². The summed E-state index contributed by atoms with van der Waals surface area (Å²) >= 11 is 1.50. The average molecular weight is 571 g/mol. The molecule has 6 nitrogen and oxygen atoms in total. The van der Waals surface area contributed by atoms with Crippen LogP contribution in [0.1, 0.15) is 24.0 Å². The minimum absolute atomic E-state index is 0.00820. The first kappa shape index (κ1) is 26.6. The number of halogens is 4. The van der Waals surface area contributed by atoms with E-state index in [2.05, 4.69) is 15.5 Å². The van der Waals surface area contributed by atoms with Crippen molar-refractivity contribution in [2.75, 3.05) is 26.2 Å². The van der Waals surface area contributed by atoms with Crippen LogP contribution >= 0.6 is 11.3 Å². The van der Waals surface area contributed by atoms with E-state index in [9.17, 15) is 22.4 Å². The smallest absolute Gasteiger partial charge is 0.401 e. The number of fused-ring (bicyclic) bond motifs is 2. The molecule has 11 heteroatoms. The van der Waals surface area contributed by atoms with Crippen molar-refractivity contribution in [3.63, 3.8) is 0 Å². The van der Waals surface area contributed by atoms with E-state index >= 15 is 0 Å². The number of likely N-dealkylation sites (tertiary alicyclic amines) is 1. The van der Waals surface area contributed by atoms with Crippen molar-refractivity contribution in [2.24, 2.45) is 5.92 Å². The number of nitrogens with zero attached hydrogens (tertiary/aromatic N) is 3. The van der Waals surface area contributed by atoms with Crippen LogP contribution in [0.2, 0.25) is 0 Å². The molecule has 1 fully saturated rings. The number of amides is 1. The van der Waals surface area contributed by atoms with Gasteiger partial charge >= 0.3 is 6.18 Å². The molecule has 0 aliphatic carbocycles. The Morgan fingerprint density at radius 1 is 1.02 bits per heavy atom. The van der Waals surface area contributed by atoms with E-state index in [4.69, 9.17) is 4.74 Å². The Morgan fingerprint density at radius 3 is 2.62 bits per heavy atom. The third kappa shape index (κ3) is 5.66. The lowest BCUT2D eigenvalue weighted by atomic mass is 9.96. The van der Waals surface area contributed by atoms with Crippen molar-refractivity contribution in [3.05, 3.63) is 64.8 Å². The van der Waals surface area contributed by atoms with E-state index in [1.807, 2.05) is 29.6 Å². The van der Waals surface area contributed by atoms with Crippen LogP contribution < -0.4 is 10.1 Å². The van der Waals surface area contributed by atoms with Crippen LogP contribution in [-0.2, 0) is 17.8 Å². The van der Waals surface area contributed by atoms with Crippen molar-refractivity contribution in [1.29, 1.82) is 0 Å². The number of aromatic nitrogens is 2. The molecule has 2 aromatic heterocycles. The van der Waals surface area contributed by atoms with Gasteiger partial charge in [-0.05, 0) is 72.6 Å². The molecular weight excluding hydrogens is 544 g/mol. The van der Waals surface area contributed by atoms with Crippen LogP contribution in [0.15, 0.2) is 47.8 Å². The first-order chi connectivity index (χ1) is 19.2. The van der Waals surface area contributed by atoms with Gasteiger partial charge in [0.2, 0.25) is 5.91 Å². The second-order valence-electron chi connectivity index (χ2n) is 10.3. The average Bonchev–Trinajstić information content (AvgIpc) is 3.42. The molecule has 40 heavy (non-hydrogen) atoms. The minimum atomic E-state index is -4.21. The van der Waals surface area contributed by atoms with Crippen molar-refractivity contribution in [3.8, 4) is 28.3 Å². The van der Waals surface area contributed by atoms with Gasteiger partial charge < -0.3 is 10.1 Å². The van der Waals surface area contributed by atoms with Gasteiger partial charge in [0.05, 0.1) is 24.3 Å². The monoisotopic (exact) mass is 570 g/mol. The van der Waals surface area contributed by atoms with Crippen molar-refractivity contribution in [1.82, 2.24) is 20.4 Å². The molecule has 208 valence electrons. The summed E-state index contributed by atoms with van der Waals surface area (Å²) in [5, 5.41) is 14.9. The van der Waals surface area contributed by atoms with Gasteiger partial charge in [0.15, 0.2) is 0 Å². The van der Waals surface area contributed by atoms with Crippen LogP contribution in [-0.4, -0.2) is 53.4 Å². The summed E-state index contributed by atoms with van der Waals surface area (Å²) in [6.07, 6.45) is -2.70. The first-order valence-electron chi connectivity index (χ1n) is 13.1. The van der Waals surface area contributed by atoms with E-state index in [0.29, 0.717) is 55.9 Å². The number of benzene rings is 2. The third-order valence-corrected chi connectivity index (χ3v) is 8.40. The molecule has 0 unspecified atom stereocenters. The van der Waals surface area contributed by atoms with E-state index in [1.54, 1.807) is 6.07 Å². The number of carbonyl (C=O) groups excluding carboxylic acids is 1. The molecule has 0 radical (unpaired) electrons. The van der Waals surface area contributed by atoms with E-state index in [0.717, 1.165) is 32.5 Å². The lowest BCUT2D eigenvalue weighted by Gasteiger charge is -2.32. The summed E-state index contributed by atoms with van der Waals surface area (Å²) in [6.45, 7) is 0.545. The SMILES string of the molecule is O=C1Cc2ccc(-c3nnc(-c4ccc(F)cc4OCC4CCN(CC(F)(F)F)CC4)c4sccc34)cc2CN1. The van der Waals surface area contributed by atoms with Gasteiger partial charge in [0, 0.05) is 29.1 Å². The first-order valence-corrected chi connectivity index (χ1v) is 14.0. The normalized spacial score (nSPS) is 16.6. The zero-order valence-electron chi connectivity index (χ0n) is 21.4. The van der Waals surface area contributed by atoms with Gasteiger partial charge in [0.25, 0.3) is 0 Å². The highest BCUT2D eigenvalue weighted by atomic mass is 32.1. The molecule has 0 bridgehead atoms. The quantitative estimate of drug-likeness (QED) is 0.289. The lowest BCUT2D eigenvalue weighted by molar-refractivity contribution is -0.148. The Balaban J connectivity index is 1.24. The van der Waals surface area contributed by atoms with Gasteiger partial charge in [-0.2, -0.15) is 13.2 Å². The summed E-state index contributed by atoms with van der Waals surface area (Å²) < 4.78 is 59.4. The number of rotatable bonds is 6. The molecule has 1 N–H and O–H groups in total. The number of piperidine rings is 1. The predicted octanol–water partition coefficient (Wildman–Crippen LogP) is 5.99. The second kappa shape index (κ2) is 10.8. The Bertz CT molecular complexity index is 1560. The third-order valence-electron chi connectivity index (χ3n) is 7.48. The number of hydrogen-bond acceptors (Lipinski definition) is 6. The van der Waals surface area contributed by atoms with Crippen molar-refractivity contribution < 1.29 is 27.1 Å². The molecule has 2 aliphatic heterocycles. The van der Waals surface area contributed by atoms with Crippen molar-refractivity contribution in [2.45, 2.75) is 32.0 Å². The molecule has 2 aliphatic rings. The Hall–Kier alpha value is -3.57. The minimum Gasteiger partial charge on any atom is -0.492 e. The highest BCUT2D eigenvalue weighted by Crippen LogP contribution is 2.40. The second-order valence-corrected chi connectivity index (χ2v) is 11.2. The van der Waals surface area contributed by atoms with E-state index in [-0.39, 0.29) is 18.4 Å². The number of nitrogens with one attached hydrogen (secondary N) is 1. The van der Waals surface area contributed by atoms with E-state index < -0.39 is 18.5 Å². The van der Waals surface area contributed by atoms with Gasteiger partial charge in [-0.25, -0.2) is 4.39 Å². The summed E-state index contributed by atoms with van der Waals surface area (Å²) in [5.41, 5.74) is 4.84. The zero-order valence-corrected chi connectivity index (χ0v) is 22.2. The number of ether oxygens (including phenoxy) is 1. The van der Waals surface area contributed by atoms with Gasteiger partial charge in [-0.15, -0.1) is 21.5 Å². The zero-order chi connectivity index (χ0) is 27.9. The molecular formula is C29H26F4N4O2S.